The number of halogens is 1. The predicted octanol–water partition coefficient (Wildman–Crippen LogP) is 2.88. The molecule has 0 aliphatic carbocycles. The summed E-state index contributed by atoms with van der Waals surface area (Å²) in [5, 5.41) is 0. The molecule has 2 aromatic heterocycles. The van der Waals surface area contributed by atoms with E-state index in [0.29, 0.717) is 5.69 Å². The summed E-state index contributed by atoms with van der Waals surface area (Å²) in [6, 6.07) is 3.61. The molecule has 0 amide bonds. The Kier molecular flexibility index (Phi) is 4.25. The highest BCUT2D eigenvalue weighted by Gasteiger charge is 2.14. The van der Waals surface area contributed by atoms with Crippen LogP contribution >= 0.6 is 15.9 Å². The number of carbonyl (C=O) groups excluding carboxylic acids is 1. The molecule has 0 unspecified atom stereocenters. The number of imidazole rings is 1. The predicted molar refractivity (Wildman–Crippen MR) is 72.5 cm³/mol. The molecule has 0 N–H and O–H groups in total. The van der Waals surface area contributed by atoms with Crippen molar-refractivity contribution in [1.82, 2.24) is 14.5 Å². The number of rotatable bonds is 5. The highest BCUT2D eigenvalue weighted by Crippen LogP contribution is 2.15. The van der Waals surface area contributed by atoms with E-state index in [-0.39, 0.29) is 12.2 Å². The van der Waals surface area contributed by atoms with Crippen molar-refractivity contribution in [3.63, 3.8) is 0 Å². The average molecular weight is 308 g/mol. The number of Topliss-reactive ketones (excluding diaryl/α,β-unsaturated/α-hetero) is 1. The van der Waals surface area contributed by atoms with Gasteiger partial charge in [-0.25, -0.2) is 4.98 Å². The summed E-state index contributed by atoms with van der Waals surface area (Å²) < 4.78 is 2.73. The molecule has 0 spiro atoms. The van der Waals surface area contributed by atoms with Gasteiger partial charge in [0.1, 0.15) is 11.5 Å². The van der Waals surface area contributed by atoms with E-state index in [1.54, 1.807) is 18.5 Å². The summed E-state index contributed by atoms with van der Waals surface area (Å²) in [4.78, 5) is 20.5. The SMILES string of the molecule is CCCn1ccnc1CC(=O)c1ncccc1Br. The van der Waals surface area contributed by atoms with Gasteiger partial charge < -0.3 is 4.57 Å². The Morgan fingerprint density at radius 3 is 2.94 bits per heavy atom. The zero-order valence-electron chi connectivity index (χ0n) is 10.1. The highest BCUT2D eigenvalue weighted by atomic mass is 79.9. The molecule has 5 heteroatoms. The molecule has 0 bridgehead atoms. The van der Waals surface area contributed by atoms with Crippen LogP contribution in [0.5, 0.6) is 0 Å². The maximum absolute atomic E-state index is 12.1. The van der Waals surface area contributed by atoms with E-state index in [0.717, 1.165) is 23.3 Å². The third-order valence-corrected chi connectivity index (χ3v) is 3.25. The van der Waals surface area contributed by atoms with Gasteiger partial charge >= 0.3 is 0 Å². The lowest BCUT2D eigenvalue weighted by molar-refractivity contribution is 0.0984. The molecular weight excluding hydrogens is 294 g/mol. The van der Waals surface area contributed by atoms with E-state index >= 15 is 0 Å². The van der Waals surface area contributed by atoms with Crippen molar-refractivity contribution in [2.24, 2.45) is 0 Å². The van der Waals surface area contributed by atoms with Crippen LogP contribution in [0.15, 0.2) is 35.2 Å². The van der Waals surface area contributed by atoms with Crippen LogP contribution in [-0.2, 0) is 13.0 Å². The van der Waals surface area contributed by atoms with Gasteiger partial charge in [-0.1, -0.05) is 6.92 Å². The zero-order chi connectivity index (χ0) is 13.0. The van der Waals surface area contributed by atoms with Crippen molar-refractivity contribution in [2.45, 2.75) is 26.3 Å². The van der Waals surface area contributed by atoms with Gasteiger partial charge in [0.15, 0.2) is 5.78 Å². The second-order valence-corrected chi connectivity index (χ2v) is 4.82. The number of carbonyl (C=O) groups is 1. The lowest BCUT2D eigenvalue weighted by Crippen LogP contribution is -2.12. The number of aryl methyl sites for hydroxylation is 1. The van der Waals surface area contributed by atoms with E-state index in [1.807, 2.05) is 16.8 Å². The van der Waals surface area contributed by atoms with Gasteiger partial charge in [-0.2, -0.15) is 0 Å². The summed E-state index contributed by atoms with van der Waals surface area (Å²) in [6.07, 6.45) is 6.55. The largest absolute Gasteiger partial charge is 0.335 e. The molecule has 18 heavy (non-hydrogen) atoms. The van der Waals surface area contributed by atoms with Crippen LogP contribution in [-0.4, -0.2) is 20.3 Å². The Morgan fingerprint density at radius 1 is 1.39 bits per heavy atom. The van der Waals surface area contributed by atoms with E-state index in [4.69, 9.17) is 0 Å². The molecule has 0 saturated carbocycles. The third-order valence-electron chi connectivity index (χ3n) is 2.61. The minimum absolute atomic E-state index is 0.0222. The van der Waals surface area contributed by atoms with E-state index in [2.05, 4.69) is 32.8 Å². The lowest BCUT2D eigenvalue weighted by atomic mass is 10.2. The highest BCUT2D eigenvalue weighted by molar-refractivity contribution is 9.10. The van der Waals surface area contributed by atoms with Crippen molar-refractivity contribution >= 4 is 21.7 Å². The second kappa shape index (κ2) is 5.91. The summed E-state index contributed by atoms with van der Waals surface area (Å²) in [5.74, 6) is 0.769. The third kappa shape index (κ3) is 2.85. The Bertz CT molecular complexity index is 551. The summed E-state index contributed by atoms with van der Waals surface area (Å²) in [7, 11) is 0. The average Bonchev–Trinajstić information content (AvgIpc) is 2.78. The van der Waals surface area contributed by atoms with Gasteiger partial charge in [-0.3, -0.25) is 9.78 Å². The molecule has 0 aliphatic rings. The first-order valence-electron chi connectivity index (χ1n) is 5.86. The van der Waals surface area contributed by atoms with Gasteiger partial charge in [-0.05, 0) is 34.5 Å². The molecule has 2 heterocycles. The first-order chi connectivity index (χ1) is 8.72. The van der Waals surface area contributed by atoms with Crippen LogP contribution in [0.3, 0.4) is 0 Å². The minimum Gasteiger partial charge on any atom is -0.335 e. The topological polar surface area (TPSA) is 47.8 Å². The molecule has 94 valence electrons. The summed E-state index contributed by atoms with van der Waals surface area (Å²) >= 11 is 3.34. The molecule has 2 rings (SSSR count). The molecule has 0 atom stereocenters. The van der Waals surface area contributed by atoms with Crippen molar-refractivity contribution in [3.05, 3.63) is 46.7 Å². The van der Waals surface area contributed by atoms with Crippen LogP contribution in [0.4, 0.5) is 0 Å². The maximum atomic E-state index is 12.1. The minimum atomic E-state index is -0.0222. The second-order valence-electron chi connectivity index (χ2n) is 3.97. The fraction of sp³-hybridized carbons (Fsp3) is 0.308. The lowest BCUT2D eigenvalue weighted by Gasteiger charge is -2.06. The van der Waals surface area contributed by atoms with Gasteiger partial charge in [0, 0.05) is 29.6 Å². The van der Waals surface area contributed by atoms with Crippen molar-refractivity contribution in [1.29, 1.82) is 0 Å². The van der Waals surface area contributed by atoms with Gasteiger partial charge in [0.05, 0.1) is 6.42 Å². The maximum Gasteiger partial charge on any atom is 0.189 e. The molecular formula is C13H14BrN3O. The van der Waals surface area contributed by atoms with E-state index in [1.165, 1.54) is 0 Å². The Labute approximate surface area is 114 Å². The molecule has 0 fully saturated rings. The number of pyridine rings is 1. The molecule has 2 aromatic rings. The van der Waals surface area contributed by atoms with Crippen LogP contribution in [0.25, 0.3) is 0 Å². The van der Waals surface area contributed by atoms with Crippen LogP contribution < -0.4 is 0 Å². The fourth-order valence-corrected chi connectivity index (χ4v) is 2.25. The number of ketones is 1. The number of hydrogen-bond acceptors (Lipinski definition) is 3. The molecule has 0 aliphatic heterocycles. The first kappa shape index (κ1) is 13.0. The Hall–Kier alpha value is -1.49. The smallest absolute Gasteiger partial charge is 0.189 e. The van der Waals surface area contributed by atoms with E-state index < -0.39 is 0 Å². The van der Waals surface area contributed by atoms with Gasteiger partial charge in [-0.15, -0.1) is 0 Å². The van der Waals surface area contributed by atoms with Crippen LogP contribution in [0.2, 0.25) is 0 Å². The number of aromatic nitrogens is 3. The fourth-order valence-electron chi connectivity index (χ4n) is 1.77. The number of nitrogens with zero attached hydrogens (tertiary/aromatic N) is 3. The van der Waals surface area contributed by atoms with Crippen molar-refractivity contribution in [3.8, 4) is 0 Å². The first-order valence-corrected chi connectivity index (χ1v) is 6.65. The van der Waals surface area contributed by atoms with Crippen molar-refractivity contribution in [2.75, 3.05) is 0 Å². The van der Waals surface area contributed by atoms with Crippen LogP contribution in [0.1, 0.15) is 29.7 Å². The summed E-state index contributed by atoms with van der Waals surface area (Å²) in [5.41, 5.74) is 0.462. The monoisotopic (exact) mass is 307 g/mol. The molecule has 4 nitrogen and oxygen atoms in total. The standard InChI is InChI=1S/C13H14BrN3O/c1-2-7-17-8-6-15-12(17)9-11(18)13-10(14)4-3-5-16-13/h3-6,8H,2,7,9H2,1H3. The Morgan fingerprint density at radius 2 is 2.22 bits per heavy atom. The molecule has 0 saturated heterocycles. The van der Waals surface area contributed by atoms with Crippen molar-refractivity contribution < 1.29 is 4.79 Å². The van der Waals surface area contributed by atoms with Crippen LogP contribution in [0, 0.1) is 0 Å². The zero-order valence-corrected chi connectivity index (χ0v) is 11.7. The normalized spacial score (nSPS) is 10.6. The quantitative estimate of drug-likeness (QED) is 0.798. The van der Waals surface area contributed by atoms with Gasteiger partial charge in [0.2, 0.25) is 0 Å². The summed E-state index contributed by atoms with van der Waals surface area (Å²) in [6.45, 7) is 2.98. The van der Waals surface area contributed by atoms with E-state index in [9.17, 15) is 4.79 Å². The Balaban J connectivity index is 2.17. The van der Waals surface area contributed by atoms with Gasteiger partial charge in [0.25, 0.3) is 0 Å². The molecule has 0 aromatic carbocycles. The molecule has 0 radical (unpaired) electrons. The number of hydrogen-bond donors (Lipinski definition) is 0.